The Hall–Kier alpha value is -2.70. The Kier molecular flexibility index (Phi) is 4.10. The van der Waals surface area contributed by atoms with Gasteiger partial charge in [-0.15, -0.1) is 0 Å². The number of halogens is 1. The van der Waals surface area contributed by atoms with Crippen LogP contribution in [0.25, 0.3) is 0 Å². The quantitative estimate of drug-likeness (QED) is 0.927. The molecule has 1 aromatic carbocycles. The number of likely N-dealkylation sites (tertiary alicyclic amines) is 1. The summed E-state index contributed by atoms with van der Waals surface area (Å²) in [7, 11) is 0. The highest BCUT2D eigenvalue weighted by molar-refractivity contribution is 5.94. The van der Waals surface area contributed by atoms with Gasteiger partial charge in [0.1, 0.15) is 11.6 Å². The van der Waals surface area contributed by atoms with Crippen LogP contribution in [0.2, 0.25) is 0 Å². The van der Waals surface area contributed by atoms with Crippen LogP contribution in [0.1, 0.15) is 21.8 Å². The lowest BCUT2D eigenvalue weighted by Crippen LogP contribution is -2.55. The highest BCUT2D eigenvalue weighted by Gasteiger charge is 2.36. The highest BCUT2D eigenvalue weighted by atomic mass is 19.1. The Bertz CT molecular complexity index is 738. The zero-order valence-electron chi connectivity index (χ0n) is 12.6. The molecule has 2 amide bonds. The van der Waals surface area contributed by atoms with Crippen LogP contribution in [0.3, 0.4) is 0 Å². The van der Waals surface area contributed by atoms with Crippen LogP contribution in [0.15, 0.2) is 34.9 Å². The molecule has 120 valence electrons. The number of carbonyl (C=O) groups excluding carboxylic acids is 2. The maximum Gasteiger partial charge on any atom is 0.276 e. The first kappa shape index (κ1) is 15.2. The van der Waals surface area contributed by atoms with Gasteiger partial charge in [0, 0.05) is 31.3 Å². The fraction of sp³-hybridized carbons (Fsp3) is 0.312. The minimum absolute atomic E-state index is 0.137. The lowest BCUT2D eigenvalue weighted by molar-refractivity contribution is -0.129. The van der Waals surface area contributed by atoms with E-state index in [4.69, 9.17) is 4.52 Å². The molecule has 23 heavy (non-hydrogen) atoms. The first-order valence-electron chi connectivity index (χ1n) is 7.28. The van der Waals surface area contributed by atoms with Gasteiger partial charge in [-0.2, -0.15) is 0 Å². The van der Waals surface area contributed by atoms with Crippen molar-refractivity contribution < 1.29 is 18.5 Å². The summed E-state index contributed by atoms with van der Waals surface area (Å²) in [6, 6.07) is 7.86. The molecule has 0 unspecified atom stereocenters. The molecule has 2 aromatic rings. The van der Waals surface area contributed by atoms with Gasteiger partial charge in [-0.25, -0.2) is 4.39 Å². The Balaban J connectivity index is 1.48. The molecule has 1 fully saturated rings. The average molecular weight is 317 g/mol. The predicted octanol–water partition coefficient (Wildman–Crippen LogP) is 1.51. The zero-order chi connectivity index (χ0) is 16.4. The number of carbonyl (C=O) groups is 2. The summed E-state index contributed by atoms with van der Waals surface area (Å²) in [6.45, 7) is 2.50. The molecule has 2 heterocycles. The molecule has 0 aliphatic carbocycles. The van der Waals surface area contributed by atoms with E-state index in [1.807, 2.05) is 0 Å². The Morgan fingerprint density at radius 2 is 2.13 bits per heavy atom. The Morgan fingerprint density at radius 3 is 2.78 bits per heavy atom. The number of aryl methyl sites for hydroxylation is 1. The number of amides is 2. The molecule has 0 spiro atoms. The fourth-order valence-corrected chi connectivity index (χ4v) is 2.41. The van der Waals surface area contributed by atoms with E-state index in [0.29, 0.717) is 24.4 Å². The van der Waals surface area contributed by atoms with E-state index < -0.39 is 0 Å². The molecule has 0 saturated carbocycles. The summed E-state index contributed by atoms with van der Waals surface area (Å²) in [6.07, 6.45) is 0. The maximum atomic E-state index is 13.5. The van der Waals surface area contributed by atoms with Crippen LogP contribution in [0.5, 0.6) is 0 Å². The minimum atomic E-state index is -0.348. The molecule has 1 N–H and O–H groups in total. The number of benzene rings is 1. The summed E-state index contributed by atoms with van der Waals surface area (Å²) in [5.41, 5.74) is 0.680. The number of nitrogens with one attached hydrogen (secondary N) is 1. The van der Waals surface area contributed by atoms with Gasteiger partial charge in [-0.3, -0.25) is 9.59 Å². The second-order valence-electron chi connectivity index (χ2n) is 5.54. The molecule has 3 rings (SSSR count). The van der Waals surface area contributed by atoms with Crippen molar-refractivity contribution in [2.24, 2.45) is 5.92 Å². The monoisotopic (exact) mass is 317 g/mol. The van der Waals surface area contributed by atoms with Crippen LogP contribution < -0.4 is 5.32 Å². The third kappa shape index (κ3) is 3.23. The molecule has 1 aliphatic heterocycles. The Morgan fingerprint density at radius 1 is 1.39 bits per heavy atom. The second-order valence-corrected chi connectivity index (χ2v) is 5.54. The van der Waals surface area contributed by atoms with E-state index >= 15 is 0 Å². The smallest absolute Gasteiger partial charge is 0.276 e. The molecule has 7 heteroatoms. The molecular weight excluding hydrogens is 301 g/mol. The van der Waals surface area contributed by atoms with Crippen LogP contribution in [0, 0.1) is 18.7 Å². The lowest BCUT2D eigenvalue weighted by atomic mass is 9.98. The summed E-state index contributed by atoms with van der Waals surface area (Å²) in [5, 5.41) is 6.36. The van der Waals surface area contributed by atoms with Gasteiger partial charge in [-0.05, 0) is 13.0 Å². The van der Waals surface area contributed by atoms with E-state index in [-0.39, 0.29) is 35.8 Å². The predicted molar refractivity (Wildman–Crippen MR) is 78.9 cm³/mol. The van der Waals surface area contributed by atoms with Gasteiger partial charge < -0.3 is 14.7 Å². The van der Waals surface area contributed by atoms with Crippen molar-refractivity contribution in [2.75, 3.05) is 13.1 Å². The SMILES string of the molecule is Cc1cc(C(=O)N2CC(C(=O)NCc3ccccc3F)C2)no1. The van der Waals surface area contributed by atoms with E-state index in [2.05, 4.69) is 10.5 Å². The third-order valence-electron chi connectivity index (χ3n) is 3.80. The molecule has 0 radical (unpaired) electrons. The number of hydrogen-bond acceptors (Lipinski definition) is 4. The number of hydrogen-bond donors (Lipinski definition) is 1. The zero-order valence-corrected chi connectivity index (χ0v) is 12.6. The van der Waals surface area contributed by atoms with E-state index in [9.17, 15) is 14.0 Å². The van der Waals surface area contributed by atoms with Crippen LogP contribution in [-0.4, -0.2) is 35.0 Å². The van der Waals surface area contributed by atoms with Crippen molar-refractivity contribution in [2.45, 2.75) is 13.5 Å². The summed E-state index contributed by atoms with van der Waals surface area (Å²) in [4.78, 5) is 25.6. The van der Waals surface area contributed by atoms with Crippen molar-refractivity contribution in [3.63, 3.8) is 0 Å². The molecule has 1 aliphatic rings. The molecule has 0 atom stereocenters. The number of nitrogens with zero attached hydrogens (tertiary/aromatic N) is 2. The summed E-state index contributed by atoms with van der Waals surface area (Å²) in [5.74, 6) is -0.500. The molecule has 6 nitrogen and oxygen atoms in total. The highest BCUT2D eigenvalue weighted by Crippen LogP contribution is 2.19. The van der Waals surface area contributed by atoms with Gasteiger partial charge in [0.25, 0.3) is 5.91 Å². The topological polar surface area (TPSA) is 75.4 Å². The largest absolute Gasteiger partial charge is 0.361 e. The van der Waals surface area contributed by atoms with Gasteiger partial charge in [0.05, 0.1) is 5.92 Å². The van der Waals surface area contributed by atoms with Gasteiger partial charge in [-0.1, -0.05) is 23.4 Å². The van der Waals surface area contributed by atoms with Gasteiger partial charge in [0.15, 0.2) is 5.69 Å². The van der Waals surface area contributed by atoms with Crippen molar-refractivity contribution in [3.05, 3.63) is 53.2 Å². The van der Waals surface area contributed by atoms with Crippen LogP contribution >= 0.6 is 0 Å². The molecule has 0 bridgehead atoms. The maximum absolute atomic E-state index is 13.5. The summed E-state index contributed by atoms with van der Waals surface area (Å²) < 4.78 is 18.3. The second kappa shape index (κ2) is 6.20. The Labute approximate surface area is 132 Å². The average Bonchev–Trinajstić information content (AvgIpc) is 2.91. The normalized spacial score (nSPS) is 14.4. The van der Waals surface area contributed by atoms with Crippen molar-refractivity contribution in [3.8, 4) is 0 Å². The molecule has 1 saturated heterocycles. The van der Waals surface area contributed by atoms with Crippen molar-refractivity contribution in [1.82, 2.24) is 15.4 Å². The molecule has 1 aromatic heterocycles. The standard InChI is InChI=1S/C16H16FN3O3/c1-10-6-14(19-23-10)16(22)20-8-12(9-20)15(21)18-7-11-4-2-3-5-13(11)17/h2-6,12H,7-9H2,1H3,(H,18,21). The van der Waals surface area contributed by atoms with E-state index in [0.717, 1.165) is 0 Å². The number of aromatic nitrogens is 1. The lowest BCUT2D eigenvalue weighted by Gasteiger charge is -2.37. The first-order valence-corrected chi connectivity index (χ1v) is 7.28. The van der Waals surface area contributed by atoms with Gasteiger partial charge >= 0.3 is 0 Å². The van der Waals surface area contributed by atoms with Crippen molar-refractivity contribution >= 4 is 11.8 Å². The number of rotatable bonds is 4. The third-order valence-corrected chi connectivity index (χ3v) is 3.80. The molecular formula is C16H16FN3O3. The first-order chi connectivity index (χ1) is 11.0. The summed E-state index contributed by atoms with van der Waals surface area (Å²) >= 11 is 0. The van der Waals surface area contributed by atoms with Gasteiger partial charge in [0.2, 0.25) is 5.91 Å². The van der Waals surface area contributed by atoms with E-state index in [1.54, 1.807) is 31.2 Å². The van der Waals surface area contributed by atoms with E-state index in [1.165, 1.54) is 11.0 Å². The minimum Gasteiger partial charge on any atom is -0.361 e. The van der Waals surface area contributed by atoms with Crippen LogP contribution in [0.4, 0.5) is 4.39 Å². The van der Waals surface area contributed by atoms with Crippen LogP contribution in [-0.2, 0) is 11.3 Å². The fourth-order valence-electron chi connectivity index (χ4n) is 2.41. The van der Waals surface area contributed by atoms with Crippen molar-refractivity contribution in [1.29, 1.82) is 0 Å².